The lowest BCUT2D eigenvalue weighted by Crippen LogP contribution is -2.26. The minimum atomic E-state index is 0.176. The molecule has 0 saturated heterocycles. The van der Waals surface area contributed by atoms with Crippen molar-refractivity contribution in [3.05, 3.63) is 36.2 Å². The first-order valence-corrected chi connectivity index (χ1v) is 7.40. The van der Waals surface area contributed by atoms with E-state index in [1.807, 2.05) is 18.2 Å². The highest BCUT2D eigenvalue weighted by atomic mass is 16.1. The quantitative estimate of drug-likeness (QED) is 0.776. The maximum Gasteiger partial charge on any atom is 0.166 e. The maximum absolute atomic E-state index is 12.6. The molecule has 2 aromatic rings. The van der Waals surface area contributed by atoms with Crippen molar-refractivity contribution in [3.63, 3.8) is 0 Å². The van der Waals surface area contributed by atoms with E-state index in [2.05, 4.69) is 23.8 Å². The van der Waals surface area contributed by atoms with Crippen molar-refractivity contribution < 1.29 is 4.79 Å². The fourth-order valence-corrected chi connectivity index (χ4v) is 3.14. The fourth-order valence-electron chi connectivity index (χ4n) is 3.14. The van der Waals surface area contributed by atoms with Crippen LogP contribution >= 0.6 is 0 Å². The van der Waals surface area contributed by atoms with Crippen molar-refractivity contribution in [3.8, 4) is 0 Å². The number of Topliss-reactive ketones (excluding diaryl/α,β-unsaturated/α-hetero) is 1. The molecule has 3 unspecified atom stereocenters. The van der Waals surface area contributed by atoms with Gasteiger partial charge in [0, 0.05) is 23.9 Å². The second-order valence-corrected chi connectivity index (χ2v) is 6.09. The predicted molar refractivity (Wildman–Crippen MR) is 79.5 cm³/mol. The van der Waals surface area contributed by atoms with Crippen LogP contribution in [-0.4, -0.2) is 15.8 Å². The molecule has 1 aromatic heterocycles. The largest absolute Gasteiger partial charge is 0.294 e. The SMILES string of the molecule is CC1CCC(C(=O)c2ccc3nccnc3c2)CC1C. The molecule has 0 spiro atoms. The third-order valence-electron chi connectivity index (χ3n) is 4.72. The van der Waals surface area contributed by atoms with Crippen LogP contribution in [0.15, 0.2) is 30.6 Å². The molecule has 0 radical (unpaired) electrons. The number of hydrogen-bond acceptors (Lipinski definition) is 3. The summed E-state index contributed by atoms with van der Waals surface area (Å²) in [6.07, 6.45) is 6.53. The Morgan fingerprint density at radius 1 is 1.05 bits per heavy atom. The van der Waals surface area contributed by atoms with Crippen LogP contribution in [0.5, 0.6) is 0 Å². The number of fused-ring (bicyclic) bond motifs is 1. The lowest BCUT2D eigenvalue weighted by molar-refractivity contribution is 0.0837. The average Bonchev–Trinajstić information content (AvgIpc) is 2.49. The Hall–Kier alpha value is -1.77. The molecule has 104 valence electrons. The lowest BCUT2D eigenvalue weighted by Gasteiger charge is -2.31. The van der Waals surface area contributed by atoms with Gasteiger partial charge < -0.3 is 0 Å². The molecule has 1 aliphatic rings. The van der Waals surface area contributed by atoms with E-state index in [0.717, 1.165) is 41.8 Å². The minimum absolute atomic E-state index is 0.176. The van der Waals surface area contributed by atoms with Gasteiger partial charge in [-0.05, 0) is 49.3 Å². The molecule has 3 atom stereocenters. The van der Waals surface area contributed by atoms with E-state index in [-0.39, 0.29) is 11.7 Å². The molecule has 3 nitrogen and oxygen atoms in total. The van der Waals surface area contributed by atoms with Gasteiger partial charge >= 0.3 is 0 Å². The normalized spacial score (nSPS) is 26.6. The number of benzene rings is 1. The van der Waals surface area contributed by atoms with Gasteiger partial charge in [0.1, 0.15) is 0 Å². The molecule has 0 amide bonds. The number of rotatable bonds is 2. The second-order valence-electron chi connectivity index (χ2n) is 6.09. The Labute approximate surface area is 119 Å². The number of hydrogen-bond donors (Lipinski definition) is 0. The Morgan fingerprint density at radius 3 is 2.55 bits per heavy atom. The van der Waals surface area contributed by atoms with Gasteiger partial charge in [-0.15, -0.1) is 0 Å². The van der Waals surface area contributed by atoms with E-state index in [0.29, 0.717) is 5.92 Å². The summed E-state index contributed by atoms with van der Waals surface area (Å²) >= 11 is 0. The first-order chi connectivity index (χ1) is 9.65. The fraction of sp³-hybridized carbons (Fsp3) is 0.471. The zero-order valence-electron chi connectivity index (χ0n) is 12.0. The number of ketones is 1. The van der Waals surface area contributed by atoms with Gasteiger partial charge in [0.25, 0.3) is 0 Å². The van der Waals surface area contributed by atoms with E-state index < -0.39 is 0 Å². The summed E-state index contributed by atoms with van der Waals surface area (Å²) in [5, 5.41) is 0. The highest BCUT2D eigenvalue weighted by molar-refractivity contribution is 6.00. The smallest absolute Gasteiger partial charge is 0.166 e. The van der Waals surface area contributed by atoms with Gasteiger partial charge in [-0.3, -0.25) is 14.8 Å². The number of nitrogens with zero attached hydrogens (tertiary/aromatic N) is 2. The minimum Gasteiger partial charge on any atom is -0.294 e. The van der Waals surface area contributed by atoms with E-state index in [1.54, 1.807) is 12.4 Å². The maximum atomic E-state index is 12.6. The van der Waals surface area contributed by atoms with Crippen molar-refractivity contribution >= 4 is 16.8 Å². The summed E-state index contributed by atoms with van der Waals surface area (Å²) in [6, 6.07) is 5.67. The first-order valence-electron chi connectivity index (χ1n) is 7.40. The zero-order chi connectivity index (χ0) is 14.1. The summed E-state index contributed by atoms with van der Waals surface area (Å²) in [4.78, 5) is 21.2. The van der Waals surface area contributed by atoms with Gasteiger partial charge in [0.2, 0.25) is 0 Å². The molecule has 1 aliphatic carbocycles. The van der Waals surface area contributed by atoms with E-state index in [9.17, 15) is 4.79 Å². The van der Waals surface area contributed by atoms with Gasteiger partial charge in [0.05, 0.1) is 11.0 Å². The number of aromatic nitrogens is 2. The summed E-state index contributed by atoms with van der Waals surface area (Å²) < 4.78 is 0. The lowest BCUT2D eigenvalue weighted by atomic mass is 9.73. The van der Waals surface area contributed by atoms with Crippen LogP contribution < -0.4 is 0 Å². The van der Waals surface area contributed by atoms with E-state index >= 15 is 0 Å². The van der Waals surface area contributed by atoms with Crippen molar-refractivity contribution in [2.75, 3.05) is 0 Å². The van der Waals surface area contributed by atoms with Crippen LogP contribution in [0.4, 0.5) is 0 Å². The Morgan fingerprint density at radius 2 is 1.80 bits per heavy atom. The average molecular weight is 268 g/mol. The van der Waals surface area contributed by atoms with Crippen LogP contribution in [0.25, 0.3) is 11.0 Å². The summed E-state index contributed by atoms with van der Waals surface area (Å²) in [6.45, 7) is 4.55. The van der Waals surface area contributed by atoms with Crippen molar-refractivity contribution in [1.82, 2.24) is 9.97 Å². The van der Waals surface area contributed by atoms with E-state index in [4.69, 9.17) is 0 Å². The summed E-state index contributed by atoms with van der Waals surface area (Å²) in [5.74, 6) is 1.83. The molecular weight excluding hydrogens is 248 g/mol. The molecule has 20 heavy (non-hydrogen) atoms. The molecule has 0 aliphatic heterocycles. The molecule has 1 aromatic carbocycles. The molecule has 1 heterocycles. The molecule has 3 heteroatoms. The monoisotopic (exact) mass is 268 g/mol. The molecule has 1 saturated carbocycles. The molecular formula is C17H20N2O. The third kappa shape index (κ3) is 2.45. The summed E-state index contributed by atoms with van der Waals surface area (Å²) in [5.41, 5.74) is 2.43. The Balaban J connectivity index is 1.85. The molecule has 3 rings (SSSR count). The molecule has 1 fully saturated rings. The van der Waals surface area contributed by atoms with Crippen LogP contribution in [-0.2, 0) is 0 Å². The Bertz CT molecular complexity index is 638. The highest BCUT2D eigenvalue weighted by Gasteiger charge is 2.29. The van der Waals surface area contributed by atoms with E-state index in [1.165, 1.54) is 0 Å². The zero-order valence-corrected chi connectivity index (χ0v) is 12.0. The Kier molecular flexibility index (Phi) is 3.51. The van der Waals surface area contributed by atoms with Gasteiger partial charge in [-0.1, -0.05) is 13.8 Å². The second kappa shape index (κ2) is 5.31. The number of carbonyl (C=O) groups excluding carboxylic acids is 1. The van der Waals surface area contributed by atoms with Crippen molar-refractivity contribution in [2.45, 2.75) is 33.1 Å². The van der Waals surface area contributed by atoms with Crippen molar-refractivity contribution in [2.24, 2.45) is 17.8 Å². The topological polar surface area (TPSA) is 42.9 Å². The molecule has 0 N–H and O–H groups in total. The highest BCUT2D eigenvalue weighted by Crippen LogP contribution is 2.35. The third-order valence-corrected chi connectivity index (χ3v) is 4.72. The molecule has 0 bridgehead atoms. The number of carbonyl (C=O) groups is 1. The van der Waals surface area contributed by atoms with Gasteiger partial charge in [0.15, 0.2) is 5.78 Å². The van der Waals surface area contributed by atoms with Crippen LogP contribution in [0.3, 0.4) is 0 Å². The van der Waals surface area contributed by atoms with Crippen LogP contribution in [0, 0.1) is 17.8 Å². The van der Waals surface area contributed by atoms with Crippen LogP contribution in [0.1, 0.15) is 43.5 Å². The predicted octanol–water partition coefficient (Wildman–Crippen LogP) is 3.88. The van der Waals surface area contributed by atoms with Crippen molar-refractivity contribution in [1.29, 1.82) is 0 Å². The van der Waals surface area contributed by atoms with Gasteiger partial charge in [-0.2, -0.15) is 0 Å². The summed E-state index contributed by atoms with van der Waals surface area (Å²) in [7, 11) is 0. The van der Waals surface area contributed by atoms with Crippen LogP contribution in [0.2, 0.25) is 0 Å². The first kappa shape index (κ1) is 13.2. The standard InChI is InChI=1S/C17H20N2O/c1-11-3-4-13(9-12(11)2)17(20)14-5-6-15-16(10-14)19-8-7-18-15/h5-8,10-13H,3-4,9H2,1-2H3. The van der Waals surface area contributed by atoms with Gasteiger partial charge in [-0.25, -0.2) is 0 Å².